The van der Waals surface area contributed by atoms with Gasteiger partial charge in [-0.3, -0.25) is 4.79 Å². The van der Waals surface area contributed by atoms with Crippen LogP contribution in [0.15, 0.2) is 0 Å². The van der Waals surface area contributed by atoms with E-state index in [-0.39, 0.29) is 13.0 Å². The van der Waals surface area contributed by atoms with Crippen LogP contribution in [0.1, 0.15) is 13.3 Å². The third-order valence-corrected chi connectivity index (χ3v) is 3.74. The number of ether oxygens (including phenoxy) is 3. The maximum atomic E-state index is 12.0. The van der Waals surface area contributed by atoms with Crippen LogP contribution in [0.4, 0.5) is 0 Å². The summed E-state index contributed by atoms with van der Waals surface area (Å²) in [5.74, 6) is -3.37. The Kier molecular flexibility index (Phi) is 6.86. The van der Waals surface area contributed by atoms with E-state index in [0.717, 1.165) is 7.11 Å². The molecule has 0 spiro atoms. The van der Waals surface area contributed by atoms with Gasteiger partial charge < -0.3 is 40.6 Å². The van der Waals surface area contributed by atoms with Crippen molar-refractivity contribution in [3.63, 3.8) is 0 Å². The average molecular weight is 336 g/mol. The van der Waals surface area contributed by atoms with Gasteiger partial charge in [0.25, 0.3) is 5.79 Å². The van der Waals surface area contributed by atoms with Crippen molar-refractivity contribution in [3.8, 4) is 0 Å². The molecule has 6 N–H and O–H groups in total. The molecule has 1 rings (SSSR count). The molecule has 10 heteroatoms. The number of nitrogens with one attached hydrogen (secondary N) is 1. The highest BCUT2D eigenvalue weighted by molar-refractivity contribution is 5.78. The number of hydrogen-bond acceptors (Lipinski definition) is 9. The number of carbonyl (C=O) groups is 2. The molecule has 0 saturated carbocycles. The van der Waals surface area contributed by atoms with Crippen LogP contribution in [-0.4, -0.2) is 84.2 Å². The second-order valence-electron chi connectivity index (χ2n) is 5.32. The smallest absolute Gasteiger partial charge is 0.366 e. The second-order valence-corrected chi connectivity index (χ2v) is 5.32. The van der Waals surface area contributed by atoms with Crippen LogP contribution in [0.25, 0.3) is 0 Å². The predicted octanol–water partition coefficient (Wildman–Crippen LogP) is -3.16. The molecule has 1 saturated heterocycles. The molecule has 1 amide bonds. The molecule has 1 fully saturated rings. The summed E-state index contributed by atoms with van der Waals surface area (Å²) in [5.41, 5.74) is 5.31. The summed E-state index contributed by atoms with van der Waals surface area (Å²) < 4.78 is 15.2. The molecule has 6 atom stereocenters. The van der Waals surface area contributed by atoms with Crippen LogP contribution in [0, 0.1) is 0 Å². The minimum absolute atomic E-state index is 0.290. The number of methoxy groups -OCH3 is 2. The van der Waals surface area contributed by atoms with Crippen molar-refractivity contribution in [3.05, 3.63) is 0 Å². The number of aliphatic hydroxyl groups excluding tert-OH is 3. The Labute approximate surface area is 133 Å². The highest BCUT2D eigenvalue weighted by Gasteiger charge is 2.55. The second kappa shape index (κ2) is 7.99. The van der Waals surface area contributed by atoms with E-state index < -0.39 is 48.1 Å². The molecule has 0 aliphatic carbocycles. The SMILES string of the molecule is COC(=O)[C@]1(OC)C[C@@H](O)[C@@H](NC(C)=O)C([C@H](O)[C@H](O)CN)O1. The van der Waals surface area contributed by atoms with Crippen LogP contribution in [0.5, 0.6) is 0 Å². The summed E-state index contributed by atoms with van der Waals surface area (Å²) in [6, 6.07) is -1.07. The van der Waals surface area contributed by atoms with Gasteiger partial charge in [-0.2, -0.15) is 0 Å². The summed E-state index contributed by atoms with van der Waals surface area (Å²) >= 11 is 0. The van der Waals surface area contributed by atoms with Gasteiger partial charge >= 0.3 is 5.97 Å². The molecule has 0 radical (unpaired) electrons. The number of hydrogen-bond donors (Lipinski definition) is 5. The number of amides is 1. The van der Waals surface area contributed by atoms with Gasteiger partial charge in [0.1, 0.15) is 12.2 Å². The third-order valence-electron chi connectivity index (χ3n) is 3.74. The molecular weight excluding hydrogens is 312 g/mol. The normalized spacial score (nSPS) is 33.6. The first-order valence-electron chi connectivity index (χ1n) is 7.05. The molecule has 1 unspecified atom stereocenters. The highest BCUT2D eigenvalue weighted by Crippen LogP contribution is 2.33. The van der Waals surface area contributed by atoms with Crippen molar-refractivity contribution in [1.82, 2.24) is 5.32 Å². The molecule has 10 nitrogen and oxygen atoms in total. The zero-order chi connectivity index (χ0) is 17.8. The van der Waals surface area contributed by atoms with Gasteiger partial charge in [0, 0.05) is 27.0 Å². The Morgan fingerprint density at radius 2 is 2.04 bits per heavy atom. The maximum absolute atomic E-state index is 12.0. The summed E-state index contributed by atoms with van der Waals surface area (Å²) in [5, 5.41) is 32.7. The van der Waals surface area contributed by atoms with E-state index in [9.17, 15) is 24.9 Å². The standard InChI is InChI=1S/C13H24N2O8/c1-6(16)15-9-7(17)4-13(22-3,12(20)21-2)23-11(9)10(19)8(18)5-14/h7-11,17-19H,4-5,14H2,1-3H3,(H,15,16)/t7-,8-,9-,10-,11?,13+/m1/s1. The molecule has 1 heterocycles. The lowest BCUT2D eigenvalue weighted by atomic mass is 9.88. The van der Waals surface area contributed by atoms with Crippen molar-refractivity contribution in [2.45, 2.75) is 49.6 Å². The first-order chi connectivity index (χ1) is 10.7. The van der Waals surface area contributed by atoms with E-state index >= 15 is 0 Å². The monoisotopic (exact) mass is 336 g/mol. The van der Waals surface area contributed by atoms with Gasteiger partial charge in [-0.25, -0.2) is 4.79 Å². The average Bonchev–Trinajstić information content (AvgIpc) is 2.53. The zero-order valence-corrected chi connectivity index (χ0v) is 13.3. The van der Waals surface area contributed by atoms with Gasteiger partial charge in [-0.1, -0.05) is 0 Å². The minimum Gasteiger partial charge on any atom is -0.465 e. The van der Waals surface area contributed by atoms with Crippen molar-refractivity contribution >= 4 is 11.9 Å². The fourth-order valence-electron chi connectivity index (χ4n) is 2.52. The van der Waals surface area contributed by atoms with Gasteiger partial charge in [-0.15, -0.1) is 0 Å². The fraction of sp³-hybridized carbons (Fsp3) is 0.846. The Bertz CT molecular complexity index is 434. The first kappa shape index (κ1) is 19.7. The first-order valence-corrected chi connectivity index (χ1v) is 7.05. The van der Waals surface area contributed by atoms with Crippen LogP contribution in [0.2, 0.25) is 0 Å². The predicted molar refractivity (Wildman–Crippen MR) is 75.9 cm³/mol. The molecule has 1 aliphatic rings. The Hall–Kier alpha value is -1.30. The van der Waals surface area contributed by atoms with E-state index in [4.69, 9.17) is 15.2 Å². The largest absolute Gasteiger partial charge is 0.465 e. The Balaban J connectivity index is 3.17. The zero-order valence-electron chi connectivity index (χ0n) is 13.3. The van der Waals surface area contributed by atoms with E-state index in [1.54, 1.807) is 0 Å². The molecule has 0 bridgehead atoms. The molecule has 0 aromatic heterocycles. The number of aliphatic hydroxyl groups is 3. The van der Waals surface area contributed by atoms with Gasteiger partial charge in [0.2, 0.25) is 5.91 Å². The Morgan fingerprint density at radius 3 is 2.48 bits per heavy atom. The topological polar surface area (TPSA) is 161 Å². The van der Waals surface area contributed by atoms with E-state index in [1.807, 2.05) is 0 Å². The number of esters is 1. The van der Waals surface area contributed by atoms with Crippen LogP contribution in [0.3, 0.4) is 0 Å². The van der Waals surface area contributed by atoms with Gasteiger partial charge in [-0.05, 0) is 0 Å². The van der Waals surface area contributed by atoms with Crippen LogP contribution >= 0.6 is 0 Å². The van der Waals surface area contributed by atoms with Crippen LogP contribution < -0.4 is 11.1 Å². The van der Waals surface area contributed by atoms with Crippen molar-refractivity contribution in [1.29, 1.82) is 0 Å². The minimum atomic E-state index is -1.97. The van der Waals surface area contributed by atoms with Crippen molar-refractivity contribution < 1.29 is 39.1 Å². The van der Waals surface area contributed by atoms with Gasteiger partial charge in [0.15, 0.2) is 0 Å². The number of nitrogens with two attached hydrogens (primary N) is 1. The fourth-order valence-corrected chi connectivity index (χ4v) is 2.52. The van der Waals surface area contributed by atoms with Crippen molar-refractivity contribution in [2.75, 3.05) is 20.8 Å². The lowest BCUT2D eigenvalue weighted by Crippen LogP contribution is -2.68. The lowest BCUT2D eigenvalue weighted by molar-refractivity contribution is -0.304. The quantitative estimate of drug-likeness (QED) is 0.315. The summed E-state index contributed by atoms with van der Waals surface area (Å²) in [6.07, 6.45) is -5.94. The summed E-state index contributed by atoms with van der Waals surface area (Å²) in [6.45, 7) is 0.927. The van der Waals surface area contributed by atoms with E-state index in [1.165, 1.54) is 14.0 Å². The Morgan fingerprint density at radius 1 is 1.43 bits per heavy atom. The number of carbonyl (C=O) groups excluding carboxylic acids is 2. The molecule has 0 aromatic rings. The molecule has 1 aliphatic heterocycles. The lowest BCUT2D eigenvalue weighted by Gasteiger charge is -2.46. The van der Waals surface area contributed by atoms with E-state index in [2.05, 4.69) is 10.1 Å². The molecule has 0 aromatic carbocycles. The van der Waals surface area contributed by atoms with Crippen molar-refractivity contribution in [2.24, 2.45) is 5.73 Å². The van der Waals surface area contributed by atoms with Gasteiger partial charge in [0.05, 0.1) is 25.4 Å². The third kappa shape index (κ3) is 4.16. The molecule has 23 heavy (non-hydrogen) atoms. The molecular formula is C13H24N2O8. The highest BCUT2D eigenvalue weighted by atomic mass is 16.7. The number of rotatable bonds is 6. The maximum Gasteiger partial charge on any atom is 0.366 e. The van der Waals surface area contributed by atoms with Crippen LogP contribution in [-0.2, 0) is 23.8 Å². The van der Waals surface area contributed by atoms with E-state index in [0.29, 0.717) is 0 Å². The molecule has 134 valence electrons. The summed E-state index contributed by atoms with van der Waals surface area (Å²) in [7, 11) is 2.28. The summed E-state index contributed by atoms with van der Waals surface area (Å²) in [4.78, 5) is 23.3.